The van der Waals surface area contributed by atoms with Crippen LogP contribution in [0.5, 0.6) is 0 Å². The minimum absolute atomic E-state index is 0.0281. The largest absolute Gasteiger partial charge is 0.348 e. The van der Waals surface area contributed by atoms with Gasteiger partial charge in [-0.05, 0) is 36.8 Å². The van der Waals surface area contributed by atoms with Crippen LogP contribution in [0.25, 0.3) is 0 Å². The first kappa shape index (κ1) is 14.1. The predicted octanol–water partition coefficient (Wildman–Crippen LogP) is 3.89. The zero-order chi connectivity index (χ0) is 15.0. The van der Waals surface area contributed by atoms with Crippen LogP contribution in [0.3, 0.4) is 0 Å². The van der Waals surface area contributed by atoms with E-state index >= 15 is 0 Å². The van der Waals surface area contributed by atoms with Crippen LogP contribution in [0.4, 0.5) is 4.39 Å². The second-order valence-electron chi connectivity index (χ2n) is 5.17. The van der Waals surface area contributed by atoms with Gasteiger partial charge in [-0.25, -0.2) is 4.39 Å². The van der Waals surface area contributed by atoms with Gasteiger partial charge in [0.25, 0.3) is 5.91 Å². The zero-order valence-electron chi connectivity index (χ0n) is 11.7. The van der Waals surface area contributed by atoms with E-state index in [1.165, 1.54) is 18.2 Å². The van der Waals surface area contributed by atoms with Crippen LogP contribution in [0, 0.1) is 5.82 Å². The highest BCUT2D eigenvalue weighted by molar-refractivity contribution is 6.31. The molecule has 1 aliphatic rings. The second-order valence-corrected chi connectivity index (χ2v) is 5.61. The fourth-order valence-corrected chi connectivity index (χ4v) is 3.13. The summed E-state index contributed by atoms with van der Waals surface area (Å²) in [6.45, 7) is 3.33. The molecule has 1 aromatic heterocycles. The van der Waals surface area contributed by atoms with Crippen LogP contribution in [0.2, 0.25) is 5.02 Å². The Bertz CT molecular complexity index is 683. The number of hydrogen-bond acceptors (Lipinski definition) is 1. The Kier molecular flexibility index (Phi) is 3.72. The fraction of sp³-hybridized carbons (Fsp3) is 0.312. The molecule has 0 radical (unpaired) electrons. The number of nitrogens with zero attached hydrogens (tertiary/aromatic N) is 2. The summed E-state index contributed by atoms with van der Waals surface area (Å²) in [5, 5.41) is 0.369. The van der Waals surface area contributed by atoms with E-state index in [9.17, 15) is 9.18 Å². The SMILES string of the molecule is CC[C@H]1c2cccn2CCN1C(=O)c1cc(Cl)ccc1F. The lowest BCUT2D eigenvalue weighted by Crippen LogP contribution is -2.42. The lowest BCUT2D eigenvalue weighted by atomic mass is 10.0. The Morgan fingerprint density at radius 2 is 2.19 bits per heavy atom. The van der Waals surface area contributed by atoms with E-state index in [0.717, 1.165) is 18.7 Å². The summed E-state index contributed by atoms with van der Waals surface area (Å²) < 4.78 is 16.1. The Balaban J connectivity index is 1.96. The van der Waals surface area contributed by atoms with Crippen molar-refractivity contribution in [3.63, 3.8) is 0 Å². The maximum atomic E-state index is 13.9. The smallest absolute Gasteiger partial charge is 0.257 e. The first-order valence-corrected chi connectivity index (χ1v) is 7.40. The Hall–Kier alpha value is -1.81. The number of hydrogen-bond donors (Lipinski definition) is 0. The summed E-state index contributed by atoms with van der Waals surface area (Å²) in [6.07, 6.45) is 2.80. The topological polar surface area (TPSA) is 25.2 Å². The molecule has 5 heteroatoms. The van der Waals surface area contributed by atoms with E-state index in [0.29, 0.717) is 11.6 Å². The first-order chi connectivity index (χ1) is 10.1. The van der Waals surface area contributed by atoms with Crippen molar-refractivity contribution in [2.75, 3.05) is 6.54 Å². The van der Waals surface area contributed by atoms with Gasteiger partial charge in [-0.1, -0.05) is 18.5 Å². The van der Waals surface area contributed by atoms with Gasteiger partial charge in [0.15, 0.2) is 0 Å². The van der Waals surface area contributed by atoms with E-state index < -0.39 is 5.82 Å². The maximum Gasteiger partial charge on any atom is 0.257 e. The third-order valence-electron chi connectivity index (χ3n) is 3.97. The number of halogens is 2. The second kappa shape index (κ2) is 5.53. The first-order valence-electron chi connectivity index (χ1n) is 7.03. The molecule has 1 aromatic carbocycles. The van der Waals surface area contributed by atoms with Crippen molar-refractivity contribution in [2.45, 2.75) is 25.9 Å². The van der Waals surface area contributed by atoms with E-state index in [-0.39, 0.29) is 17.5 Å². The summed E-state index contributed by atoms with van der Waals surface area (Å²) in [7, 11) is 0. The molecule has 0 fully saturated rings. The van der Waals surface area contributed by atoms with Gasteiger partial charge in [0.05, 0.1) is 11.6 Å². The quantitative estimate of drug-likeness (QED) is 0.826. The fourth-order valence-electron chi connectivity index (χ4n) is 2.95. The molecule has 0 unspecified atom stereocenters. The maximum absolute atomic E-state index is 13.9. The van der Waals surface area contributed by atoms with Gasteiger partial charge >= 0.3 is 0 Å². The minimum atomic E-state index is -0.528. The molecule has 0 bridgehead atoms. The number of fused-ring (bicyclic) bond motifs is 1. The number of carbonyl (C=O) groups is 1. The number of rotatable bonds is 2. The molecule has 3 nitrogen and oxygen atoms in total. The van der Waals surface area contributed by atoms with Crippen LogP contribution in [-0.2, 0) is 6.54 Å². The van der Waals surface area contributed by atoms with Gasteiger partial charge in [0.1, 0.15) is 5.82 Å². The van der Waals surface area contributed by atoms with Gasteiger partial charge < -0.3 is 9.47 Å². The molecule has 21 heavy (non-hydrogen) atoms. The highest BCUT2D eigenvalue weighted by Crippen LogP contribution is 2.30. The van der Waals surface area contributed by atoms with Gasteiger partial charge in [-0.3, -0.25) is 4.79 Å². The molecule has 3 rings (SSSR count). The van der Waals surface area contributed by atoms with Crippen LogP contribution in [0.15, 0.2) is 36.5 Å². The summed E-state index contributed by atoms with van der Waals surface area (Å²) in [4.78, 5) is 14.4. The minimum Gasteiger partial charge on any atom is -0.348 e. The molecule has 1 amide bonds. The molecule has 0 spiro atoms. The summed E-state index contributed by atoms with van der Waals surface area (Å²) in [5.41, 5.74) is 1.14. The highest BCUT2D eigenvalue weighted by atomic mass is 35.5. The summed E-state index contributed by atoms with van der Waals surface area (Å²) in [5.74, 6) is -0.825. The van der Waals surface area contributed by atoms with E-state index in [1.54, 1.807) is 4.90 Å². The van der Waals surface area contributed by atoms with Crippen molar-refractivity contribution < 1.29 is 9.18 Å². The van der Waals surface area contributed by atoms with Crippen molar-refractivity contribution >= 4 is 17.5 Å². The van der Waals surface area contributed by atoms with Crippen molar-refractivity contribution in [2.24, 2.45) is 0 Å². The van der Waals surface area contributed by atoms with Crippen LogP contribution < -0.4 is 0 Å². The van der Waals surface area contributed by atoms with E-state index in [2.05, 4.69) is 4.57 Å². The molecule has 0 saturated carbocycles. The summed E-state index contributed by atoms with van der Waals surface area (Å²) in [6, 6.07) is 8.06. The number of aromatic nitrogens is 1. The monoisotopic (exact) mass is 306 g/mol. The van der Waals surface area contributed by atoms with Gasteiger partial charge in [0.2, 0.25) is 0 Å². The van der Waals surface area contributed by atoms with Crippen LogP contribution in [-0.4, -0.2) is 21.9 Å². The molecule has 0 N–H and O–H groups in total. The zero-order valence-corrected chi connectivity index (χ0v) is 12.5. The molecule has 0 saturated heterocycles. The van der Waals surface area contributed by atoms with Crippen molar-refractivity contribution in [1.29, 1.82) is 0 Å². The molecular formula is C16H16ClFN2O. The Morgan fingerprint density at radius 3 is 2.95 bits per heavy atom. The average molecular weight is 307 g/mol. The third kappa shape index (κ3) is 2.44. The molecule has 2 aromatic rings. The predicted molar refractivity (Wildman–Crippen MR) is 79.9 cm³/mol. The van der Waals surface area contributed by atoms with Crippen molar-refractivity contribution in [1.82, 2.24) is 9.47 Å². The molecule has 1 aliphatic heterocycles. The standard InChI is InChI=1S/C16H16ClFN2O/c1-2-14-15-4-3-7-19(15)8-9-20(14)16(21)12-10-11(17)5-6-13(12)18/h3-7,10,14H,2,8-9H2,1H3/t14-/m0/s1. The lowest BCUT2D eigenvalue weighted by molar-refractivity contribution is 0.0613. The van der Waals surface area contributed by atoms with Crippen LogP contribution >= 0.6 is 11.6 Å². The Labute approximate surface area is 127 Å². The van der Waals surface area contributed by atoms with Gasteiger partial charge in [0, 0.05) is 30.0 Å². The van der Waals surface area contributed by atoms with E-state index in [1.807, 2.05) is 25.3 Å². The third-order valence-corrected chi connectivity index (χ3v) is 4.21. The molecular weight excluding hydrogens is 291 g/mol. The average Bonchev–Trinajstić information content (AvgIpc) is 2.96. The van der Waals surface area contributed by atoms with E-state index in [4.69, 9.17) is 11.6 Å². The van der Waals surface area contributed by atoms with Gasteiger partial charge in [-0.2, -0.15) is 0 Å². The van der Waals surface area contributed by atoms with Gasteiger partial charge in [-0.15, -0.1) is 0 Å². The van der Waals surface area contributed by atoms with Crippen LogP contribution in [0.1, 0.15) is 35.4 Å². The normalized spacial score (nSPS) is 17.7. The Morgan fingerprint density at radius 1 is 1.38 bits per heavy atom. The highest BCUT2D eigenvalue weighted by Gasteiger charge is 2.31. The van der Waals surface area contributed by atoms with Crippen molar-refractivity contribution in [3.05, 3.63) is 58.6 Å². The molecule has 0 aliphatic carbocycles. The lowest BCUT2D eigenvalue weighted by Gasteiger charge is -2.36. The van der Waals surface area contributed by atoms with Crippen molar-refractivity contribution in [3.8, 4) is 0 Å². The number of benzene rings is 1. The molecule has 1 atom stereocenters. The number of amides is 1. The number of carbonyl (C=O) groups excluding carboxylic acids is 1. The summed E-state index contributed by atoms with van der Waals surface area (Å²) >= 11 is 5.89. The molecule has 110 valence electrons. The molecule has 2 heterocycles.